The minimum absolute atomic E-state index is 0.00401. The van der Waals surface area contributed by atoms with E-state index in [1.807, 2.05) is 25.1 Å². The predicted molar refractivity (Wildman–Crippen MR) is 98.4 cm³/mol. The summed E-state index contributed by atoms with van der Waals surface area (Å²) in [6.07, 6.45) is 3.20. The molecule has 0 aliphatic heterocycles. The van der Waals surface area contributed by atoms with E-state index >= 15 is 0 Å². The normalized spacial score (nSPS) is 10.7. The number of carbonyl (C=O) groups excluding carboxylic acids is 2. The first-order chi connectivity index (χ1) is 12.5. The Kier molecular flexibility index (Phi) is 4.79. The molecule has 0 saturated carbocycles. The molecule has 1 heterocycles. The monoisotopic (exact) mass is 351 g/mol. The van der Waals surface area contributed by atoms with E-state index in [1.165, 1.54) is 18.2 Å². The highest BCUT2D eigenvalue weighted by atomic mass is 16.6. The highest BCUT2D eigenvalue weighted by Crippen LogP contribution is 2.25. The second-order valence-corrected chi connectivity index (χ2v) is 5.85. The summed E-state index contributed by atoms with van der Waals surface area (Å²) in [7, 11) is 0. The van der Waals surface area contributed by atoms with Crippen LogP contribution in [0.25, 0.3) is 10.9 Å². The molecule has 3 aromatic rings. The zero-order valence-electron chi connectivity index (χ0n) is 14.1. The molecule has 1 amide bonds. The van der Waals surface area contributed by atoms with E-state index in [9.17, 15) is 19.7 Å². The van der Waals surface area contributed by atoms with E-state index in [0.717, 1.165) is 29.2 Å². The molecule has 0 fully saturated rings. The highest BCUT2D eigenvalue weighted by Gasteiger charge is 2.14. The molecule has 0 bridgehead atoms. The zero-order valence-corrected chi connectivity index (χ0v) is 14.1. The maximum Gasteiger partial charge on any atom is 0.271 e. The highest BCUT2D eigenvalue weighted by molar-refractivity contribution is 6.00. The van der Waals surface area contributed by atoms with Crippen molar-refractivity contribution >= 4 is 34.5 Å². The lowest BCUT2D eigenvalue weighted by molar-refractivity contribution is -0.384. The molecule has 0 aliphatic carbocycles. The topological polar surface area (TPSA) is 94.2 Å². The second-order valence-electron chi connectivity index (χ2n) is 5.85. The number of aromatic nitrogens is 1. The average Bonchev–Trinajstić information content (AvgIpc) is 2.99. The first-order valence-electron chi connectivity index (χ1n) is 8.13. The van der Waals surface area contributed by atoms with E-state index in [0.29, 0.717) is 11.3 Å². The number of hydrogen-bond donors (Lipinski definition) is 1. The molecular weight excluding hydrogens is 334 g/mol. The number of anilines is 1. The Bertz CT molecular complexity index is 1010. The van der Waals surface area contributed by atoms with Gasteiger partial charge in [-0.2, -0.15) is 0 Å². The number of nitrogens with zero attached hydrogens (tertiary/aromatic N) is 2. The van der Waals surface area contributed by atoms with E-state index in [-0.39, 0.29) is 18.1 Å². The van der Waals surface area contributed by atoms with Crippen molar-refractivity contribution in [1.82, 2.24) is 4.57 Å². The standard InChI is InChI=1S/C19H17N3O4/c1-2-13-5-3-8-17-14(12-23)10-21(19(13)17)11-18(24)20-15-6-4-7-16(9-15)22(25)26/h3-10,12H,2,11H2,1H3,(H,20,24). The fourth-order valence-corrected chi connectivity index (χ4v) is 3.02. The SMILES string of the molecule is CCc1cccc2c(C=O)cn(CC(=O)Nc3cccc([N+](=O)[O-])c3)c12. The summed E-state index contributed by atoms with van der Waals surface area (Å²) < 4.78 is 1.74. The van der Waals surface area contributed by atoms with Gasteiger partial charge in [0, 0.05) is 35.0 Å². The quantitative estimate of drug-likeness (QED) is 0.417. The summed E-state index contributed by atoms with van der Waals surface area (Å²) in [5, 5.41) is 14.3. The lowest BCUT2D eigenvalue weighted by Gasteiger charge is -2.09. The van der Waals surface area contributed by atoms with Crippen LogP contribution in [0.3, 0.4) is 0 Å². The van der Waals surface area contributed by atoms with Crippen LogP contribution < -0.4 is 5.32 Å². The number of nitro groups is 1. The van der Waals surface area contributed by atoms with Gasteiger partial charge in [0.1, 0.15) is 6.54 Å². The smallest absolute Gasteiger partial charge is 0.271 e. The summed E-state index contributed by atoms with van der Waals surface area (Å²) in [4.78, 5) is 34.1. The van der Waals surface area contributed by atoms with Gasteiger partial charge in [0.05, 0.1) is 10.4 Å². The van der Waals surface area contributed by atoms with Gasteiger partial charge in [-0.25, -0.2) is 0 Å². The molecule has 0 radical (unpaired) electrons. The van der Waals surface area contributed by atoms with Gasteiger partial charge in [0.2, 0.25) is 5.91 Å². The second kappa shape index (κ2) is 7.18. The number of nitrogens with one attached hydrogen (secondary N) is 1. The third-order valence-electron chi connectivity index (χ3n) is 4.18. The molecule has 1 aromatic heterocycles. The van der Waals surface area contributed by atoms with E-state index in [4.69, 9.17) is 0 Å². The van der Waals surface area contributed by atoms with Crippen LogP contribution >= 0.6 is 0 Å². The molecule has 2 aromatic carbocycles. The zero-order chi connectivity index (χ0) is 18.7. The van der Waals surface area contributed by atoms with Crippen molar-refractivity contribution in [3.05, 3.63) is 69.9 Å². The van der Waals surface area contributed by atoms with Crippen LogP contribution in [0.4, 0.5) is 11.4 Å². The van der Waals surface area contributed by atoms with E-state index < -0.39 is 4.92 Å². The Morgan fingerprint density at radius 2 is 2.04 bits per heavy atom. The Labute approximate surface area is 149 Å². The van der Waals surface area contributed by atoms with Crippen LogP contribution in [0.1, 0.15) is 22.8 Å². The first kappa shape index (κ1) is 17.3. The summed E-state index contributed by atoms with van der Waals surface area (Å²) in [6.45, 7) is 2.01. The van der Waals surface area contributed by atoms with Crippen LogP contribution in [0.15, 0.2) is 48.7 Å². The predicted octanol–water partition coefficient (Wildman–Crippen LogP) is 3.56. The van der Waals surface area contributed by atoms with Gasteiger partial charge in [-0.1, -0.05) is 31.2 Å². The summed E-state index contributed by atoms with van der Waals surface area (Å²) in [5.74, 6) is -0.328. The molecule has 0 unspecified atom stereocenters. The molecule has 3 rings (SSSR count). The maximum atomic E-state index is 12.4. The Hall–Kier alpha value is -3.48. The van der Waals surface area contributed by atoms with Crippen molar-refractivity contribution in [3.63, 3.8) is 0 Å². The van der Waals surface area contributed by atoms with Crippen molar-refractivity contribution in [3.8, 4) is 0 Å². The Morgan fingerprint density at radius 3 is 2.73 bits per heavy atom. The number of para-hydroxylation sites is 1. The van der Waals surface area contributed by atoms with Crippen molar-refractivity contribution < 1.29 is 14.5 Å². The number of hydrogen-bond acceptors (Lipinski definition) is 4. The minimum Gasteiger partial charge on any atom is -0.337 e. The van der Waals surface area contributed by atoms with Gasteiger partial charge in [-0.05, 0) is 18.1 Å². The van der Waals surface area contributed by atoms with Crippen molar-refractivity contribution in [2.45, 2.75) is 19.9 Å². The van der Waals surface area contributed by atoms with E-state index in [2.05, 4.69) is 5.32 Å². The first-order valence-corrected chi connectivity index (χ1v) is 8.13. The molecular formula is C19H17N3O4. The van der Waals surface area contributed by atoms with Gasteiger partial charge < -0.3 is 9.88 Å². The van der Waals surface area contributed by atoms with Crippen molar-refractivity contribution in [2.24, 2.45) is 0 Å². The van der Waals surface area contributed by atoms with Crippen molar-refractivity contribution in [2.75, 3.05) is 5.32 Å². The van der Waals surface area contributed by atoms with Crippen LogP contribution in [0.2, 0.25) is 0 Å². The molecule has 7 nitrogen and oxygen atoms in total. The van der Waals surface area contributed by atoms with Gasteiger partial charge in [-0.3, -0.25) is 19.7 Å². The molecule has 7 heteroatoms. The molecule has 0 spiro atoms. The van der Waals surface area contributed by atoms with Crippen LogP contribution in [0.5, 0.6) is 0 Å². The number of rotatable bonds is 6. The van der Waals surface area contributed by atoms with E-state index in [1.54, 1.807) is 16.8 Å². The average molecular weight is 351 g/mol. The summed E-state index contributed by atoms with van der Waals surface area (Å²) >= 11 is 0. The minimum atomic E-state index is -0.515. The largest absolute Gasteiger partial charge is 0.337 e. The van der Waals surface area contributed by atoms with Crippen LogP contribution in [0, 0.1) is 10.1 Å². The lowest BCUT2D eigenvalue weighted by Crippen LogP contribution is -2.18. The van der Waals surface area contributed by atoms with Gasteiger partial charge in [0.15, 0.2) is 6.29 Å². The summed E-state index contributed by atoms with van der Waals surface area (Å²) in [6, 6.07) is 11.5. The fourth-order valence-electron chi connectivity index (χ4n) is 3.02. The molecule has 26 heavy (non-hydrogen) atoms. The number of aryl methyl sites for hydroxylation is 1. The van der Waals surface area contributed by atoms with Crippen LogP contribution in [-0.4, -0.2) is 21.7 Å². The molecule has 1 N–H and O–H groups in total. The van der Waals surface area contributed by atoms with Gasteiger partial charge in [0.25, 0.3) is 5.69 Å². The third-order valence-corrected chi connectivity index (χ3v) is 4.18. The Morgan fingerprint density at radius 1 is 1.27 bits per heavy atom. The number of carbonyl (C=O) groups is 2. The van der Waals surface area contributed by atoms with Crippen LogP contribution in [-0.2, 0) is 17.8 Å². The number of nitro benzene ring substituents is 1. The fraction of sp³-hybridized carbons (Fsp3) is 0.158. The number of amides is 1. The molecule has 0 saturated heterocycles. The number of fused-ring (bicyclic) bond motifs is 1. The number of aldehydes is 1. The van der Waals surface area contributed by atoms with Crippen molar-refractivity contribution in [1.29, 1.82) is 0 Å². The Balaban J connectivity index is 1.89. The lowest BCUT2D eigenvalue weighted by atomic mass is 10.1. The van der Waals surface area contributed by atoms with Gasteiger partial charge >= 0.3 is 0 Å². The molecule has 0 atom stereocenters. The molecule has 132 valence electrons. The summed E-state index contributed by atoms with van der Waals surface area (Å²) in [5.41, 5.74) is 2.68. The molecule has 0 aliphatic rings. The number of benzene rings is 2. The maximum absolute atomic E-state index is 12.4. The van der Waals surface area contributed by atoms with Gasteiger partial charge in [-0.15, -0.1) is 0 Å². The number of non-ortho nitro benzene ring substituents is 1. The third kappa shape index (κ3) is 3.32.